The molecule has 0 spiro atoms. The Bertz CT molecular complexity index is 816. The number of benzene rings is 2. The molecule has 1 saturated heterocycles. The number of carbonyl (C=O) groups excluding carboxylic acids is 2. The summed E-state index contributed by atoms with van der Waals surface area (Å²) in [6.45, 7) is 4.93. The van der Waals surface area contributed by atoms with E-state index in [0.717, 1.165) is 12.8 Å². The van der Waals surface area contributed by atoms with Crippen LogP contribution >= 0.6 is 0 Å². The summed E-state index contributed by atoms with van der Waals surface area (Å²) in [7, 11) is 0. The van der Waals surface area contributed by atoms with Crippen LogP contribution in [0.5, 0.6) is 5.75 Å². The monoisotopic (exact) mass is 382 g/mol. The molecule has 148 valence electrons. The van der Waals surface area contributed by atoms with Gasteiger partial charge in [-0.1, -0.05) is 31.5 Å². The summed E-state index contributed by atoms with van der Waals surface area (Å²) in [5.74, 6) is 0.250. The Morgan fingerprint density at radius 3 is 2.68 bits per heavy atom. The Morgan fingerprint density at radius 2 is 1.89 bits per heavy atom. The lowest BCUT2D eigenvalue weighted by atomic mass is 10.1. The van der Waals surface area contributed by atoms with Crippen molar-refractivity contribution >= 4 is 17.5 Å². The van der Waals surface area contributed by atoms with Crippen molar-refractivity contribution in [3.8, 4) is 5.75 Å². The quantitative estimate of drug-likeness (QED) is 0.743. The molecular formula is C22H26N2O4. The maximum Gasteiger partial charge on any atom is 0.259 e. The number of anilines is 1. The van der Waals surface area contributed by atoms with Crippen molar-refractivity contribution in [1.82, 2.24) is 4.90 Å². The molecule has 0 aliphatic carbocycles. The van der Waals surface area contributed by atoms with Crippen molar-refractivity contribution in [3.63, 3.8) is 0 Å². The highest BCUT2D eigenvalue weighted by molar-refractivity contribution is 6.06. The molecule has 0 atom stereocenters. The number of nitrogens with zero attached hydrogens (tertiary/aromatic N) is 1. The minimum atomic E-state index is -0.261. The number of amides is 2. The van der Waals surface area contributed by atoms with Crippen LogP contribution in [0.15, 0.2) is 48.5 Å². The molecule has 1 fully saturated rings. The third-order valence-electron chi connectivity index (χ3n) is 4.55. The fraction of sp³-hybridized carbons (Fsp3) is 0.364. The van der Waals surface area contributed by atoms with Crippen LogP contribution < -0.4 is 10.1 Å². The van der Waals surface area contributed by atoms with Crippen LogP contribution in [0.1, 0.15) is 40.5 Å². The highest BCUT2D eigenvalue weighted by Crippen LogP contribution is 2.21. The van der Waals surface area contributed by atoms with Gasteiger partial charge in [0.15, 0.2) is 0 Å². The van der Waals surface area contributed by atoms with Crippen molar-refractivity contribution in [2.45, 2.75) is 19.8 Å². The molecule has 1 aliphatic rings. The van der Waals surface area contributed by atoms with Crippen molar-refractivity contribution in [2.75, 3.05) is 38.2 Å². The van der Waals surface area contributed by atoms with Crippen molar-refractivity contribution < 1.29 is 19.1 Å². The zero-order valence-electron chi connectivity index (χ0n) is 16.1. The topological polar surface area (TPSA) is 67.9 Å². The van der Waals surface area contributed by atoms with E-state index < -0.39 is 0 Å². The van der Waals surface area contributed by atoms with E-state index in [1.54, 1.807) is 47.4 Å². The summed E-state index contributed by atoms with van der Waals surface area (Å²) in [5, 5.41) is 2.87. The van der Waals surface area contributed by atoms with Gasteiger partial charge in [-0.2, -0.15) is 0 Å². The van der Waals surface area contributed by atoms with Gasteiger partial charge in [0, 0.05) is 24.3 Å². The first-order valence-corrected chi connectivity index (χ1v) is 9.69. The van der Waals surface area contributed by atoms with Gasteiger partial charge in [-0.15, -0.1) is 0 Å². The number of nitrogens with one attached hydrogen (secondary N) is 1. The molecule has 2 aromatic rings. The first kappa shape index (κ1) is 19.9. The van der Waals surface area contributed by atoms with E-state index in [2.05, 4.69) is 12.2 Å². The number of ether oxygens (including phenoxy) is 2. The third kappa shape index (κ3) is 5.10. The van der Waals surface area contributed by atoms with Gasteiger partial charge in [-0.25, -0.2) is 0 Å². The maximum atomic E-state index is 12.7. The average molecular weight is 382 g/mol. The second-order valence-corrected chi connectivity index (χ2v) is 6.64. The Hall–Kier alpha value is -2.86. The fourth-order valence-corrected chi connectivity index (χ4v) is 2.98. The van der Waals surface area contributed by atoms with Gasteiger partial charge in [0.05, 0.1) is 25.4 Å². The summed E-state index contributed by atoms with van der Waals surface area (Å²) in [5.41, 5.74) is 1.60. The zero-order valence-corrected chi connectivity index (χ0v) is 16.1. The van der Waals surface area contributed by atoms with Crippen LogP contribution in [0.25, 0.3) is 0 Å². The number of rotatable bonds is 7. The van der Waals surface area contributed by atoms with Gasteiger partial charge in [0.2, 0.25) is 0 Å². The molecule has 6 nitrogen and oxygen atoms in total. The molecule has 1 heterocycles. The van der Waals surface area contributed by atoms with Crippen LogP contribution in [-0.4, -0.2) is 49.6 Å². The van der Waals surface area contributed by atoms with Crippen LogP contribution in [-0.2, 0) is 4.74 Å². The van der Waals surface area contributed by atoms with Gasteiger partial charge in [-0.05, 0) is 36.8 Å². The molecule has 0 unspecified atom stereocenters. The lowest BCUT2D eigenvalue weighted by Gasteiger charge is -2.27. The molecule has 0 bridgehead atoms. The Morgan fingerprint density at radius 1 is 1.11 bits per heavy atom. The molecule has 1 aliphatic heterocycles. The first-order valence-electron chi connectivity index (χ1n) is 9.69. The number of para-hydroxylation sites is 1. The molecular weight excluding hydrogens is 356 g/mol. The van der Waals surface area contributed by atoms with E-state index in [4.69, 9.17) is 9.47 Å². The Balaban J connectivity index is 1.70. The minimum Gasteiger partial charge on any atom is -0.493 e. The number of hydrogen-bond acceptors (Lipinski definition) is 4. The average Bonchev–Trinajstić information content (AvgIpc) is 2.74. The zero-order chi connectivity index (χ0) is 19.8. The minimum absolute atomic E-state index is 0.0531. The normalized spacial score (nSPS) is 13.8. The Kier molecular flexibility index (Phi) is 7.03. The van der Waals surface area contributed by atoms with Crippen LogP contribution in [0.3, 0.4) is 0 Å². The van der Waals surface area contributed by atoms with E-state index in [1.165, 1.54) is 0 Å². The van der Waals surface area contributed by atoms with Gasteiger partial charge in [-0.3, -0.25) is 9.59 Å². The maximum absolute atomic E-state index is 12.7. The van der Waals surface area contributed by atoms with Gasteiger partial charge >= 0.3 is 0 Å². The first-order chi connectivity index (χ1) is 13.7. The molecule has 2 aromatic carbocycles. The van der Waals surface area contributed by atoms with E-state index in [0.29, 0.717) is 55.5 Å². The molecule has 2 amide bonds. The lowest BCUT2D eigenvalue weighted by molar-refractivity contribution is 0.0303. The standard InChI is InChI=1S/C22H26N2O4/c1-2-3-13-28-20-10-5-4-9-19(20)21(25)23-18-8-6-7-17(16-18)22(26)24-11-14-27-15-12-24/h4-10,16H,2-3,11-15H2,1H3,(H,23,25). The van der Waals surface area contributed by atoms with Crippen molar-refractivity contribution in [2.24, 2.45) is 0 Å². The highest BCUT2D eigenvalue weighted by Gasteiger charge is 2.19. The van der Waals surface area contributed by atoms with Gasteiger partial charge in [0.25, 0.3) is 11.8 Å². The van der Waals surface area contributed by atoms with Crippen LogP contribution in [0.2, 0.25) is 0 Å². The van der Waals surface area contributed by atoms with Crippen molar-refractivity contribution in [1.29, 1.82) is 0 Å². The summed E-state index contributed by atoms with van der Waals surface area (Å²) in [6, 6.07) is 14.2. The number of hydrogen-bond donors (Lipinski definition) is 1. The molecule has 0 radical (unpaired) electrons. The summed E-state index contributed by atoms with van der Waals surface area (Å²) in [6.07, 6.45) is 1.96. The number of morpholine rings is 1. The van der Waals surface area contributed by atoms with Crippen LogP contribution in [0.4, 0.5) is 5.69 Å². The second-order valence-electron chi connectivity index (χ2n) is 6.64. The predicted molar refractivity (Wildman–Crippen MR) is 108 cm³/mol. The Labute approximate surface area is 165 Å². The summed E-state index contributed by atoms with van der Waals surface area (Å²) in [4.78, 5) is 27.2. The molecule has 1 N–H and O–H groups in total. The molecule has 0 saturated carbocycles. The number of carbonyl (C=O) groups is 2. The molecule has 0 aromatic heterocycles. The lowest BCUT2D eigenvalue weighted by Crippen LogP contribution is -2.40. The molecule has 6 heteroatoms. The SMILES string of the molecule is CCCCOc1ccccc1C(=O)Nc1cccc(C(=O)N2CCOCC2)c1. The highest BCUT2D eigenvalue weighted by atomic mass is 16.5. The fourth-order valence-electron chi connectivity index (χ4n) is 2.98. The second kappa shape index (κ2) is 9.90. The van der Waals surface area contributed by atoms with Crippen molar-refractivity contribution in [3.05, 3.63) is 59.7 Å². The van der Waals surface area contributed by atoms with Gasteiger partial charge in [0.1, 0.15) is 5.75 Å². The van der Waals surface area contributed by atoms with Gasteiger partial charge < -0.3 is 19.7 Å². The summed E-state index contributed by atoms with van der Waals surface area (Å²) >= 11 is 0. The predicted octanol–water partition coefficient (Wildman–Crippen LogP) is 3.59. The van der Waals surface area contributed by atoms with Crippen LogP contribution in [0, 0.1) is 0 Å². The van der Waals surface area contributed by atoms with E-state index in [9.17, 15) is 9.59 Å². The van der Waals surface area contributed by atoms with E-state index >= 15 is 0 Å². The van der Waals surface area contributed by atoms with E-state index in [-0.39, 0.29) is 11.8 Å². The summed E-state index contributed by atoms with van der Waals surface area (Å²) < 4.78 is 11.0. The number of unbranched alkanes of at least 4 members (excludes halogenated alkanes) is 1. The molecule has 28 heavy (non-hydrogen) atoms. The smallest absolute Gasteiger partial charge is 0.259 e. The largest absolute Gasteiger partial charge is 0.493 e. The van der Waals surface area contributed by atoms with E-state index in [1.807, 2.05) is 6.07 Å². The third-order valence-corrected chi connectivity index (χ3v) is 4.55. The molecule has 3 rings (SSSR count).